The first-order valence-corrected chi connectivity index (χ1v) is 8.61. The van der Waals surface area contributed by atoms with E-state index in [0.29, 0.717) is 29.0 Å². The van der Waals surface area contributed by atoms with Gasteiger partial charge in [-0.05, 0) is 29.8 Å². The fourth-order valence-electron chi connectivity index (χ4n) is 2.91. The predicted molar refractivity (Wildman–Crippen MR) is 93.6 cm³/mol. The fraction of sp³-hybridized carbons (Fsp3) is 0.312. The molecule has 1 aliphatic rings. The number of alkyl halides is 1. The van der Waals surface area contributed by atoms with Gasteiger partial charge in [-0.3, -0.25) is 0 Å². The molecule has 2 amide bonds. The minimum Gasteiger partial charge on any atom is -0.348 e. The third-order valence-electron chi connectivity index (χ3n) is 3.93. The SMILES string of the molecule is O=C(NCCCl)N1CCn2cccc2C1c1ccc(Cl)cc1Cl. The number of amides is 2. The molecule has 7 heteroatoms. The van der Waals surface area contributed by atoms with Crippen molar-refractivity contribution in [2.24, 2.45) is 0 Å². The molecule has 0 aliphatic carbocycles. The van der Waals surface area contributed by atoms with E-state index in [-0.39, 0.29) is 12.1 Å². The van der Waals surface area contributed by atoms with Crippen molar-refractivity contribution in [3.8, 4) is 0 Å². The Balaban J connectivity index is 2.01. The van der Waals surface area contributed by atoms with Crippen LogP contribution >= 0.6 is 34.8 Å². The first-order valence-electron chi connectivity index (χ1n) is 7.32. The maximum absolute atomic E-state index is 12.5. The van der Waals surface area contributed by atoms with Gasteiger partial charge in [0.25, 0.3) is 0 Å². The van der Waals surface area contributed by atoms with E-state index >= 15 is 0 Å². The molecular formula is C16H16Cl3N3O. The highest BCUT2D eigenvalue weighted by Gasteiger charge is 2.33. The van der Waals surface area contributed by atoms with E-state index in [2.05, 4.69) is 9.88 Å². The molecule has 0 bridgehead atoms. The Bertz CT molecular complexity index is 716. The average Bonchev–Trinajstić information content (AvgIpc) is 3.00. The van der Waals surface area contributed by atoms with Crippen molar-refractivity contribution in [3.63, 3.8) is 0 Å². The molecule has 1 aromatic carbocycles. The van der Waals surface area contributed by atoms with Crippen LogP contribution in [0, 0.1) is 0 Å². The van der Waals surface area contributed by atoms with Crippen LogP contribution in [-0.2, 0) is 6.54 Å². The smallest absolute Gasteiger partial charge is 0.318 e. The highest BCUT2D eigenvalue weighted by molar-refractivity contribution is 6.35. The Morgan fingerprint density at radius 1 is 1.26 bits per heavy atom. The Morgan fingerprint density at radius 3 is 2.83 bits per heavy atom. The molecule has 23 heavy (non-hydrogen) atoms. The van der Waals surface area contributed by atoms with Crippen LogP contribution in [0.25, 0.3) is 0 Å². The lowest BCUT2D eigenvalue weighted by molar-refractivity contribution is 0.169. The zero-order valence-corrected chi connectivity index (χ0v) is 14.6. The number of hydrogen-bond donors (Lipinski definition) is 1. The van der Waals surface area contributed by atoms with Crippen molar-refractivity contribution in [2.45, 2.75) is 12.6 Å². The first kappa shape index (κ1) is 16.5. The second-order valence-corrected chi connectivity index (χ2v) is 6.53. The van der Waals surface area contributed by atoms with Crippen molar-refractivity contribution < 1.29 is 4.79 Å². The standard InChI is InChI=1S/C16H16Cl3N3O/c17-5-6-20-16(23)22-9-8-21-7-1-2-14(21)15(22)12-4-3-11(18)10-13(12)19/h1-4,7,10,15H,5-6,8-9H2,(H,20,23). The highest BCUT2D eigenvalue weighted by Crippen LogP contribution is 2.37. The lowest BCUT2D eigenvalue weighted by Crippen LogP contribution is -2.47. The van der Waals surface area contributed by atoms with E-state index in [1.54, 1.807) is 17.0 Å². The van der Waals surface area contributed by atoms with Crippen molar-refractivity contribution in [3.05, 3.63) is 57.8 Å². The molecule has 2 aromatic rings. The van der Waals surface area contributed by atoms with Crippen molar-refractivity contribution in [1.82, 2.24) is 14.8 Å². The molecular weight excluding hydrogens is 357 g/mol. The van der Waals surface area contributed by atoms with Crippen LogP contribution in [0.15, 0.2) is 36.5 Å². The summed E-state index contributed by atoms with van der Waals surface area (Å²) in [5.41, 5.74) is 1.89. The van der Waals surface area contributed by atoms with Crippen LogP contribution in [0.3, 0.4) is 0 Å². The summed E-state index contributed by atoms with van der Waals surface area (Å²) < 4.78 is 2.14. The fourth-order valence-corrected chi connectivity index (χ4v) is 3.51. The van der Waals surface area contributed by atoms with Gasteiger partial charge in [0.1, 0.15) is 6.04 Å². The zero-order valence-electron chi connectivity index (χ0n) is 12.3. The largest absolute Gasteiger partial charge is 0.348 e. The second-order valence-electron chi connectivity index (χ2n) is 5.31. The number of carbonyl (C=O) groups excluding carboxylic acids is 1. The third-order valence-corrected chi connectivity index (χ3v) is 4.68. The lowest BCUT2D eigenvalue weighted by atomic mass is 10.00. The summed E-state index contributed by atoms with van der Waals surface area (Å²) in [5, 5.41) is 3.95. The molecule has 0 radical (unpaired) electrons. The van der Waals surface area contributed by atoms with Crippen molar-refractivity contribution >= 4 is 40.8 Å². The number of rotatable bonds is 3. The van der Waals surface area contributed by atoms with Gasteiger partial charge in [-0.2, -0.15) is 0 Å². The summed E-state index contributed by atoms with van der Waals surface area (Å²) in [7, 11) is 0. The number of nitrogens with zero attached hydrogens (tertiary/aromatic N) is 2. The minimum absolute atomic E-state index is 0.144. The molecule has 122 valence electrons. The topological polar surface area (TPSA) is 37.3 Å². The van der Waals surface area contributed by atoms with Gasteiger partial charge in [0.05, 0.1) is 0 Å². The van der Waals surface area contributed by atoms with Gasteiger partial charge in [0.15, 0.2) is 0 Å². The molecule has 0 saturated carbocycles. The summed E-state index contributed by atoms with van der Waals surface area (Å²) in [5.74, 6) is 0.377. The Hall–Kier alpha value is -1.36. The van der Waals surface area contributed by atoms with E-state index in [1.165, 1.54) is 0 Å². The Labute approximate surface area is 149 Å². The second kappa shape index (κ2) is 7.04. The molecule has 3 rings (SSSR count). The van der Waals surface area contributed by atoms with Crippen LogP contribution in [0.1, 0.15) is 17.3 Å². The van der Waals surface area contributed by atoms with Crippen molar-refractivity contribution in [2.75, 3.05) is 19.0 Å². The highest BCUT2D eigenvalue weighted by atomic mass is 35.5. The van der Waals surface area contributed by atoms with Crippen LogP contribution in [-0.4, -0.2) is 34.5 Å². The van der Waals surface area contributed by atoms with Crippen LogP contribution < -0.4 is 5.32 Å². The van der Waals surface area contributed by atoms with Gasteiger partial charge in [0.2, 0.25) is 0 Å². The molecule has 4 nitrogen and oxygen atoms in total. The summed E-state index contributed by atoms with van der Waals surface area (Å²) in [6.07, 6.45) is 2.01. The van der Waals surface area contributed by atoms with E-state index in [0.717, 1.165) is 17.8 Å². The normalized spacial score (nSPS) is 17.0. The number of nitrogens with one attached hydrogen (secondary N) is 1. The third kappa shape index (κ3) is 3.30. The van der Waals surface area contributed by atoms with Crippen LogP contribution in [0.4, 0.5) is 4.79 Å². The van der Waals surface area contributed by atoms with Crippen LogP contribution in [0.5, 0.6) is 0 Å². The zero-order chi connectivity index (χ0) is 16.4. The monoisotopic (exact) mass is 371 g/mol. The van der Waals surface area contributed by atoms with Crippen molar-refractivity contribution in [1.29, 1.82) is 0 Å². The number of urea groups is 1. The molecule has 1 aromatic heterocycles. The van der Waals surface area contributed by atoms with E-state index in [1.807, 2.05) is 24.4 Å². The van der Waals surface area contributed by atoms with E-state index in [9.17, 15) is 4.79 Å². The van der Waals surface area contributed by atoms with Gasteiger partial charge in [-0.15, -0.1) is 11.6 Å². The number of carbonyl (C=O) groups is 1. The van der Waals surface area contributed by atoms with E-state index in [4.69, 9.17) is 34.8 Å². The molecule has 0 saturated heterocycles. The Kier molecular flexibility index (Phi) is 5.05. The van der Waals surface area contributed by atoms with Gasteiger partial charge < -0.3 is 14.8 Å². The lowest BCUT2D eigenvalue weighted by Gasteiger charge is -2.37. The summed E-state index contributed by atoms with van der Waals surface area (Å²) in [6.45, 7) is 1.77. The number of halogens is 3. The maximum atomic E-state index is 12.5. The molecule has 1 unspecified atom stereocenters. The maximum Gasteiger partial charge on any atom is 0.318 e. The summed E-state index contributed by atoms with van der Waals surface area (Å²) >= 11 is 18.1. The summed E-state index contributed by atoms with van der Waals surface area (Å²) in [6, 6.07) is 8.96. The average molecular weight is 373 g/mol. The number of hydrogen-bond acceptors (Lipinski definition) is 1. The molecule has 0 spiro atoms. The number of benzene rings is 1. The number of fused-ring (bicyclic) bond motifs is 1. The van der Waals surface area contributed by atoms with E-state index < -0.39 is 0 Å². The molecule has 0 fully saturated rings. The minimum atomic E-state index is -0.251. The van der Waals surface area contributed by atoms with Gasteiger partial charge in [-0.25, -0.2) is 4.79 Å². The predicted octanol–water partition coefficient (Wildman–Crippen LogP) is 4.15. The van der Waals surface area contributed by atoms with Gasteiger partial charge >= 0.3 is 6.03 Å². The quantitative estimate of drug-likeness (QED) is 0.808. The van der Waals surface area contributed by atoms with Gasteiger partial charge in [0, 0.05) is 47.5 Å². The first-order chi connectivity index (χ1) is 11.1. The molecule has 1 N–H and O–H groups in total. The van der Waals surface area contributed by atoms with Gasteiger partial charge in [-0.1, -0.05) is 29.3 Å². The number of aromatic nitrogens is 1. The van der Waals surface area contributed by atoms with Crippen LogP contribution in [0.2, 0.25) is 10.0 Å². The summed E-state index contributed by atoms with van der Waals surface area (Å²) in [4.78, 5) is 14.3. The molecule has 2 heterocycles. The molecule has 1 aliphatic heterocycles. The Morgan fingerprint density at radius 2 is 2.09 bits per heavy atom. The molecule has 1 atom stereocenters.